The number of likely N-dealkylation sites (tertiary alicyclic amines) is 1. The number of rotatable bonds is 7. The zero-order valence-electron chi connectivity index (χ0n) is 18.3. The minimum atomic E-state index is 0.215. The van der Waals surface area contributed by atoms with Crippen molar-refractivity contribution in [2.75, 3.05) is 38.1 Å². The van der Waals surface area contributed by atoms with Gasteiger partial charge in [0.15, 0.2) is 5.96 Å². The molecule has 1 aromatic heterocycles. The van der Waals surface area contributed by atoms with Gasteiger partial charge in [0, 0.05) is 57.9 Å². The summed E-state index contributed by atoms with van der Waals surface area (Å²) in [5.74, 6) is 1.06. The van der Waals surface area contributed by atoms with Gasteiger partial charge in [0.1, 0.15) is 0 Å². The largest absolute Gasteiger partial charge is 0.356 e. The highest BCUT2D eigenvalue weighted by Crippen LogP contribution is 2.28. The Balaban J connectivity index is 1.13. The first-order chi connectivity index (χ1) is 15.2. The lowest BCUT2D eigenvalue weighted by Gasteiger charge is -2.33. The molecule has 3 heterocycles. The minimum Gasteiger partial charge on any atom is -0.356 e. The third-order valence-electron chi connectivity index (χ3n) is 6.19. The molecule has 2 aliphatic heterocycles. The van der Waals surface area contributed by atoms with E-state index in [4.69, 9.17) is 0 Å². The third kappa shape index (κ3) is 5.86. The molecule has 2 aromatic rings. The smallest absolute Gasteiger partial charge is 0.227 e. The monoisotopic (exact) mass is 439 g/mol. The molecule has 166 valence electrons. The van der Waals surface area contributed by atoms with Crippen molar-refractivity contribution in [1.82, 2.24) is 15.5 Å². The molecule has 1 saturated heterocycles. The minimum absolute atomic E-state index is 0.215. The number of anilines is 1. The molecule has 2 N–H and O–H groups in total. The molecule has 0 bridgehead atoms. The van der Waals surface area contributed by atoms with Crippen molar-refractivity contribution >= 4 is 28.9 Å². The maximum absolute atomic E-state index is 12.6. The number of piperidine rings is 1. The van der Waals surface area contributed by atoms with E-state index in [1.165, 1.54) is 11.1 Å². The number of aliphatic imine (C=N–C) groups is 1. The van der Waals surface area contributed by atoms with Crippen LogP contribution in [0.1, 0.15) is 36.8 Å². The fourth-order valence-corrected chi connectivity index (χ4v) is 5.10. The molecule has 31 heavy (non-hydrogen) atoms. The van der Waals surface area contributed by atoms with Crippen LogP contribution < -0.4 is 15.5 Å². The molecule has 4 rings (SSSR count). The molecule has 0 spiro atoms. The Kier molecular flexibility index (Phi) is 7.59. The van der Waals surface area contributed by atoms with Crippen LogP contribution in [0.25, 0.3) is 0 Å². The molecule has 0 unspecified atom stereocenters. The summed E-state index contributed by atoms with van der Waals surface area (Å²) in [6.45, 7) is 4.82. The molecule has 2 aliphatic rings. The van der Waals surface area contributed by atoms with Gasteiger partial charge >= 0.3 is 0 Å². The second-order valence-electron chi connectivity index (χ2n) is 8.35. The molecule has 1 aromatic carbocycles. The van der Waals surface area contributed by atoms with E-state index < -0.39 is 0 Å². The van der Waals surface area contributed by atoms with E-state index in [9.17, 15) is 4.79 Å². The van der Waals surface area contributed by atoms with Crippen molar-refractivity contribution in [3.63, 3.8) is 0 Å². The average Bonchev–Trinajstić information content (AvgIpc) is 3.46. The Morgan fingerprint density at radius 2 is 2.03 bits per heavy atom. The summed E-state index contributed by atoms with van der Waals surface area (Å²) in [4.78, 5) is 21.5. The molecule has 6 nitrogen and oxygen atoms in total. The fraction of sp³-hybridized carbons (Fsp3) is 0.500. The number of carbonyl (C=O) groups is 1. The highest BCUT2D eigenvalue weighted by molar-refractivity contribution is 7.07. The number of fused-ring (bicyclic) bond motifs is 1. The number of guanidine groups is 1. The van der Waals surface area contributed by atoms with Gasteiger partial charge in [0.2, 0.25) is 5.91 Å². The molecular weight excluding hydrogens is 406 g/mol. The number of nitrogens with one attached hydrogen (secondary N) is 2. The summed E-state index contributed by atoms with van der Waals surface area (Å²) < 4.78 is 0. The molecule has 1 amide bonds. The third-order valence-corrected chi connectivity index (χ3v) is 6.92. The van der Waals surface area contributed by atoms with Gasteiger partial charge in [-0.3, -0.25) is 14.7 Å². The second kappa shape index (κ2) is 10.8. The number of amides is 1. The van der Waals surface area contributed by atoms with Crippen molar-refractivity contribution < 1.29 is 4.79 Å². The van der Waals surface area contributed by atoms with Crippen LogP contribution in [-0.4, -0.2) is 56.0 Å². The van der Waals surface area contributed by atoms with Gasteiger partial charge in [-0.1, -0.05) is 18.2 Å². The second-order valence-corrected chi connectivity index (χ2v) is 9.13. The van der Waals surface area contributed by atoms with Gasteiger partial charge in [-0.15, -0.1) is 0 Å². The van der Waals surface area contributed by atoms with Gasteiger partial charge in [-0.25, -0.2) is 0 Å². The summed E-state index contributed by atoms with van der Waals surface area (Å²) in [7, 11) is 1.81. The van der Waals surface area contributed by atoms with Gasteiger partial charge in [0.25, 0.3) is 0 Å². The maximum atomic E-state index is 12.6. The number of benzene rings is 1. The zero-order valence-corrected chi connectivity index (χ0v) is 19.2. The van der Waals surface area contributed by atoms with Crippen LogP contribution in [0.3, 0.4) is 0 Å². The number of hydrogen-bond donors (Lipinski definition) is 2. The van der Waals surface area contributed by atoms with Crippen LogP contribution in [0.15, 0.2) is 46.1 Å². The van der Waals surface area contributed by atoms with Crippen molar-refractivity contribution in [2.45, 2.75) is 44.7 Å². The zero-order chi connectivity index (χ0) is 21.5. The molecular formula is C24H33N5OS. The van der Waals surface area contributed by atoms with Gasteiger partial charge < -0.3 is 15.5 Å². The topological polar surface area (TPSA) is 60.0 Å². The summed E-state index contributed by atoms with van der Waals surface area (Å²) in [5.41, 5.74) is 3.78. The lowest BCUT2D eigenvalue weighted by Crippen LogP contribution is -2.48. The van der Waals surface area contributed by atoms with Crippen molar-refractivity contribution in [1.29, 1.82) is 0 Å². The number of carbonyl (C=O) groups excluding carboxylic acids is 1. The van der Waals surface area contributed by atoms with Crippen LogP contribution >= 0.6 is 11.3 Å². The molecule has 0 aliphatic carbocycles. The Hall–Kier alpha value is -2.38. The van der Waals surface area contributed by atoms with E-state index in [1.807, 2.05) is 24.1 Å². The first-order valence-electron chi connectivity index (χ1n) is 11.3. The molecule has 0 atom stereocenters. The molecule has 7 heteroatoms. The Bertz CT molecular complexity index is 874. The maximum Gasteiger partial charge on any atom is 0.227 e. The predicted molar refractivity (Wildman–Crippen MR) is 129 cm³/mol. The molecule has 0 radical (unpaired) electrons. The van der Waals surface area contributed by atoms with Crippen molar-refractivity contribution in [2.24, 2.45) is 4.99 Å². The first kappa shape index (κ1) is 21.8. The lowest BCUT2D eigenvalue weighted by atomic mass is 10.0. The standard InChI is InChI=1S/C24H33N5OS/c1-25-24(27-21-9-13-28(14-10-21)17-19-11-16-31-18-19)26-12-4-7-23(30)29-15-8-20-5-2-3-6-22(20)29/h2-3,5-6,11,16,18,21H,4,7-10,12-15,17H2,1H3,(H2,25,26,27). The fourth-order valence-electron chi connectivity index (χ4n) is 4.44. The average molecular weight is 440 g/mol. The SMILES string of the molecule is CN=C(NCCCC(=O)N1CCc2ccccc21)NC1CCN(Cc2ccsc2)CC1. The van der Waals surface area contributed by atoms with Crippen LogP contribution in [0.5, 0.6) is 0 Å². The van der Waals surface area contributed by atoms with Gasteiger partial charge in [0.05, 0.1) is 0 Å². The Morgan fingerprint density at radius 1 is 1.19 bits per heavy atom. The van der Waals surface area contributed by atoms with E-state index in [2.05, 4.69) is 49.5 Å². The van der Waals surface area contributed by atoms with Gasteiger partial charge in [-0.2, -0.15) is 11.3 Å². The van der Waals surface area contributed by atoms with E-state index in [0.717, 1.165) is 70.1 Å². The summed E-state index contributed by atoms with van der Waals surface area (Å²) in [6, 6.07) is 10.9. The van der Waals surface area contributed by atoms with Crippen LogP contribution in [0.4, 0.5) is 5.69 Å². The van der Waals surface area contributed by atoms with Crippen LogP contribution in [0, 0.1) is 0 Å². The summed E-state index contributed by atoms with van der Waals surface area (Å²) in [6.07, 6.45) is 4.56. The number of thiophene rings is 1. The van der Waals surface area contributed by atoms with Crippen LogP contribution in [0.2, 0.25) is 0 Å². The van der Waals surface area contributed by atoms with Crippen LogP contribution in [-0.2, 0) is 17.8 Å². The van der Waals surface area contributed by atoms with Crippen molar-refractivity contribution in [3.05, 3.63) is 52.2 Å². The predicted octanol–water partition coefficient (Wildman–Crippen LogP) is 3.25. The number of hydrogen-bond acceptors (Lipinski definition) is 4. The quantitative estimate of drug-likeness (QED) is 0.395. The van der Waals surface area contributed by atoms with E-state index in [-0.39, 0.29) is 5.91 Å². The first-order valence-corrected chi connectivity index (χ1v) is 12.3. The normalized spacial score (nSPS) is 17.6. The Labute approximate surface area is 189 Å². The van der Waals surface area contributed by atoms with Gasteiger partial charge in [-0.05, 0) is 59.7 Å². The van der Waals surface area contributed by atoms with E-state index >= 15 is 0 Å². The summed E-state index contributed by atoms with van der Waals surface area (Å²) >= 11 is 1.77. The van der Waals surface area contributed by atoms with Crippen molar-refractivity contribution in [3.8, 4) is 0 Å². The van der Waals surface area contributed by atoms with E-state index in [1.54, 1.807) is 11.3 Å². The molecule has 0 saturated carbocycles. The number of para-hydroxylation sites is 1. The molecule has 1 fully saturated rings. The van der Waals surface area contributed by atoms with E-state index in [0.29, 0.717) is 12.5 Å². The summed E-state index contributed by atoms with van der Waals surface area (Å²) in [5, 5.41) is 11.3. The number of nitrogens with zero attached hydrogens (tertiary/aromatic N) is 3. The Morgan fingerprint density at radius 3 is 2.81 bits per heavy atom. The lowest BCUT2D eigenvalue weighted by molar-refractivity contribution is -0.118. The highest BCUT2D eigenvalue weighted by Gasteiger charge is 2.23. The highest BCUT2D eigenvalue weighted by atomic mass is 32.1.